The van der Waals surface area contributed by atoms with Crippen LogP contribution in [0.4, 0.5) is 4.79 Å². The van der Waals surface area contributed by atoms with Gasteiger partial charge in [0, 0.05) is 21.9 Å². The highest BCUT2D eigenvalue weighted by molar-refractivity contribution is 6.30. The zero-order valence-electron chi connectivity index (χ0n) is 11.4. The summed E-state index contributed by atoms with van der Waals surface area (Å²) in [5, 5.41) is 1.14. The minimum atomic E-state index is -0.997. The summed E-state index contributed by atoms with van der Waals surface area (Å²) in [4.78, 5) is 36.9. The van der Waals surface area contributed by atoms with Crippen molar-refractivity contribution in [2.24, 2.45) is 0 Å². The molecular formula is C15H11NO5. The van der Waals surface area contributed by atoms with E-state index < -0.39 is 17.9 Å². The molecular weight excluding hydrogens is 274 g/mol. The van der Waals surface area contributed by atoms with Crippen molar-refractivity contribution in [2.75, 3.05) is 14.2 Å². The van der Waals surface area contributed by atoms with E-state index in [9.17, 15) is 14.4 Å². The van der Waals surface area contributed by atoms with Gasteiger partial charge in [-0.1, -0.05) is 12.1 Å². The SMILES string of the molecule is COC(=O)N1C(=O)c2cccc3c(OC)ccc(c23)C1=O. The average Bonchev–Trinajstić information content (AvgIpc) is 2.51. The molecule has 2 aromatic carbocycles. The zero-order chi connectivity index (χ0) is 15.1. The van der Waals surface area contributed by atoms with Crippen LogP contribution in [0.3, 0.4) is 0 Å². The van der Waals surface area contributed by atoms with Gasteiger partial charge in [-0.2, -0.15) is 4.90 Å². The first kappa shape index (κ1) is 13.1. The first-order chi connectivity index (χ1) is 10.1. The molecule has 0 spiro atoms. The summed E-state index contributed by atoms with van der Waals surface area (Å²) in [6.45, 7) is 0. The maximum absolute atomic E-state index is 12.4. The number of amides is 3. The van der Waals surface area contributed by atoms with Gasteiger partial charge in [-0.05, 0) is 18.2 Å². The lowest BCUT2D eigenvalue weighted by molar-refractivity contribution is 0.0582. The lowest BCUT2D eigenvalue weighted by Crippen LogP contribution is -2.44. The molecule has 0 N–H and O–H groups in total. The van der Waals surface area contributed by atoms with Crippen LogP contribution in [0.5, 0.6) is 5.75 Å². The Kier molecular flexibility index (Phi) is 2.86. The highest BCUT2D eigenvalue weighted by Crippen LogP contribution is 2.35. The van der Waals surface area contributed by atoms with Crippen molar-refractivity contribution >= 4 is 28.7 Å². The molecule has 0 fully saturated rings. The van der Waals surface area contributed by atoms with Gasteiger partial charge in [-0.3, -0.25) is 9.59 Å². The van der Waals surface area contributed by atoms with Crippen LogP contribution in [0.15, 0.2) is 30.3 Å². The molecule has 106 valence electrons. The fourth-order valence-corrected chi connectivity index (χ4v) is 2.50. The third kappa shape index (κ3) is 1.69. The predicted octanol–water partition coefficient (Wildman–Crippen LogP) is 2.21. The van der Waals surface area contributed by atoms with Crippen LogP contribution in [0.2, 0.25) is 0 Å². The summed E-state index contributed by atoms with van der Waals surface area (Å²) in [7, 11) is 2.63. The van der Waals surface area contributed by atoms with Crippen LogP contribution in [0, 0.1) is 0 Å². The highest BCUT2D eigenvalue weighted by atomic mass is 16.5. The number of ether oxygens (including phenoxy) is 2. The van der Waals surface area contributed by atoms with Crippen molar-refractivity contribution in [3.63, 3.8) is 0 Å². The van der Waals surface area contributed by atoms with Crippen LogP contribution in [0.1, 0.15) is 20.7 Å². The number of hydrogen-bond donors (Lipinski definition) is 0. The molecule has 6 nitrogen and oxygen atoms in total. The summed E-state index contributed by atoms with van der Waals surface area (Å²) in [6.07, 6.45) is -0.997. The Labute approximate surface area is 119 Å². The van der Waals surface area contributed by atoms with Crippen molar-refractivity contribution in [3.8, 4) is 5.75 Å². The van der Waals surface area contributed by atoms with E-state index in [4.69, 9.17) is 4.74 Å². The fraction of sp³-hybridized carbons (Fsp3) is 0.133. The lowest BCUT2D eigenvalue weighted by Gasteiger charge is -2.24. The van der Waals surface area contributed by atoms with E-state index in [0.29, 0.717) is 21.4 Å². The van der Waals surface area contributed by atoms with Gasteiger partial charge in [-0.25, -0.2) is 4.79 Å². The summed E-state index contributed by atoms with van der Waals surface area (Å²) < 4.78 is 9.75. The van der Waals surface area contributed by atoms with Gasteiger partial charge in [0.2, 0.25) is 0 Å². The van der Waals surface area contributed by atoms with Crippen LogP contribution < -0.4 is 4.74 Å². The lowest BCUT2D eigenvalue weighted by atomic mass is 9.94. The van der Waals surface area contributed by atoms with Gasteiger partial charge < -0.3 is 9.47 Å². The van der Waals surface area contributed by atoms with Gasteiger partial charge in [0.05, 0.1) is 14.2 Å². The molecule has 0 unspecified atom stereocenters. The first-order valence-electron chi connectivity index (χ1n) is 6.16. The third-order valence-corrected chi connectivity index (χ3v) is 3.44. The molecule has 0 saturated carbocycles. The molecule has 0 saturated heterocycles. The normalized spacial score (nSPS) is 13.5. The molecule has 21 heavy (non-hydrogen) atoms. The van der Waals surface area contributed by atoms with E-state index in [0.717, 1.165) is 7.11 Å². The minimum Gasteiger partial charge on any atom is -0.496 e. The molecule has 0 aliphatic carbocycles. The highest BCUT2D eigenvalue weighted by Gasteiger charge is 2.38. The number of benzene rings is 2. The number of methoxy groups -OCH3 is 2. The molecule has 0 radical (unpaired) electrons. The van der Waals surface area contributed by atoms with E-state index in [1.807, 2.05) is 0 Å². The standard InChI is InChI=1S/C15H11NO5/c1-20-11-7-6-10-12-8(11)4-3-5-9(12)13(17)16(14(10)18)15(19)21-2/h3-7H,1-2H3. The second kappa shape index (κ2) is 4.59. The third-order valence-electron chi connectivity index (χ3n) is 3.44. The van der Waals surface area contributed by atoms with E-state index in [1.165, 1.54) is 13.2 Å². The number of imide groups is 3. The number of carbonyl (C=O) groups excluding carboxylic acids is 3. The second-order valence-corrected chi connectivity index (χ2v) is 4.46. The number of carbonyl (C=O) groups is 3. The quantitative estimate of drug-likeness (QED) is 0.751. The van der Waals surface area contributed by atoms with E-state index >= 15 is 0 Å². The topological polar surface area (TPSA) is 72.9 Å². The molecule has 3 rings (SSSR count). The van der Waals surface area contributed by atoms with Crippen LogP contribution in [-0.2, 0) is 4.74 Å². The smallest absolute Gasteiger partial charge is 0.423 e. The number of rotatable bonds is 1. The zero-order valence-corrected chi connectivity index (χ0v) is 11.4. The molecule has 0 aromatic heterocycles. The van der Waals surface area contributed by atoms with Crippen molar-refractivity contribution in [3.05, 3.63) is 41.5 Å². The van der Waals surface area contributed by atoms with Crippen molar-refractivity contribution in [1.29, 1.82) is 0 Å². The Morgan fingerprint density at radius 1 is 1.00 bits per heavy atom. The molecule has 0 atom stereocenters. The average molecular weight is 285 g/mol. The van der Waals surface area contributed by atoms with E-state index in [2.05, 4.69) is 4.74 Å². The van der Waals surface area contributed by atoms with E-state index in [-0.39, 0.29) is 11.1 Å². The van der Waals surface area contributed by atoms with Crippen LogP contribution in [0.25, 0.3) is 10.8 Å². The predicted molar refractivity (Wildman–Crippen MR) is 73.4 cm³/mol. The van der Waals surface area contributed by atoms with Crippen LogP contribution in [-0.4, -0.2) is 37.0 Å². The largest absolute Gasteiger partial charge is 0.496 e. The molecule has 1 heterocycles. The monoisotopic (exact) mass is 285 g/mol. The summed E-state index contributed by atoms with van der Waals surface area (Å²) in [5.74, 6) is -0.834. The van der Waals surface area contributed by atoms with Gasteiger partial charge in [0.1, 0.15) is 5.75 Å². The number of nitrogens with zero attached hydrogens (tertiary/aromatic N) is 1. The van der Waals surface area contributed by atoms with E-state index in [1.54, 1.807) is 24.3 Å². The van der Waals surface area contributed by atoms with Gasteiger partial charge in [0.25, 0.3) is 11.8 Å². The summed E-state index contributed by atoms with van der Waals surface area (Å²) in [6, 6.07) is 8.17. The molecule has 1 aliphatic heterocycles. The maximum Gasteiger partial charge on any atom is 0.423 e. The summed E-state index contributed by atoms with van der Waals surface area (Å²) >= 11 is 0. The molecule has 0 bridgehead atoms. The molecule has 1 aliphatic rings. The van der Waals surface area contributed by atoms with Crippen molar-refractivity contribution < 1.29 is 23.9 Å². The molecule has 3 amide bonds. The Balaban J connectivity index is 2.35. The Bertz CT molecular complexity index is 774. The van der Waals surface area contributed by atoms with Gasteiger partial charge in [-0.15, -0.1) is 0 Å². The second-order valence-electron chi connectivity index (χ2n) is 4.46. The Morgan fingerprint density at radius 2 is 1.67 bits per heavy atom. The fourth-order valence-electron chi connectivity index (χ4n) is 2.50. The Morgan fingerprint density at radius 3 is 2.29 bits per heavy atom. The van der Waals surface area contributed by atoms with Gasteiger partial charge in [0.15, 0.2) is 0 Å². The Hall–Kier alpha value is -2.89. The summed E-state index contributed by atoms with van der Waals surface area (Å²) in [5.41, 5.74) is 0.540. The van der Waals surface area contributed by atoms with Crippen molar-refractivity contribution in [1.82, 2.24) is 4.90 Å². The first-order valence-corrected chi connectivity index (χ1v) is 6.16. The number of hydrogen-bond acceptors (Lipinski definition) is 5. The molecule has 6 heteroatoms. The molecule has 2 aromatic rings. The maximum atomic E-state index is 12.4. The van der Waals surface area contributed by atoms with Crippen molar-refractivity contribution in [2.45, 2.75) is 0 Å². The minimum absolute atomic E-state index is 0.270. The van der Waals surface area contributed by atoms with Gasteiger partial charge >= 0.3 is 6.09 Å². The van der Waals surface area contributed by atoms with Crippen LogP contribution >= 0.6 is 0 Å².